The van der Waals surface area contributed by atoms with E-state index in [1.54, 1.807) is 0 Å². The molecule has 0 saturated heterocycles. The van der Waals surface area contributed by atoms with Crippen LogP contribution < -0.4 is 11.0 Å². The third-order valence-corrected chi connectivity index (χ3v) is 5.79. The van der Waals surface area contributed by atoms with Crippen molar-refractivity contribution in [3.63, 3.8) is 0 Å². The molecular weight excluding hydrogens is 343 g/mol. The maximum absolute atomic E-state index is 11.5. The van der Waals surface area contributed by atoms with Crippen molar-refractivity contribution < 1.29 is 18.8 Å². The molecule has 0 aliphatic rings. The third kappa shape index (κ3) is 3.11. The van der Waals surface area contributed by atoms with Gasteiger partial charge in [0.25, 0.3) is 0 Å². The van der Waals surface area contributed by atoms with Crippen molar-refractivity contribution in [3.8, 4) is 11.5 Å². The summed E-state index contributed by atoms with van der Waals surface area (Å²) in [6.45, 7) is 0. The summed E-state index contributed by atoms with van der Waals surface area (Å²) in [5.74, 6) is 0.0553. The van der Waals surface area contributed by atoms with Crippen LogP contribution in [0.1, 0.15) is 0 Å². The van der Waals surface area contributed by atoms with Crippen LogP contribution in [0.2, 0.25) is 0 Å². The standard InChI is InChI=1S/C13H11N2O4PS2/c14-13-15-10(11-9(6-7-19-11)20(16,17)18)12(22-13)21-8-4-2-1-3-5-8/h1-7H,(H2,14,15)(H2,16,17,18). The van der Waals surface area contributed by atoms with Gasteiger partial charge in [-0.2, -0.15) is 0 Å². The Bertz CT molecular complexity index is 841. The highest BCUT2D eigenvalue weighted by atomic mass is 32.2. The van der Waals surface area contributed by atoms with Crippen LogP contribution in [0.5, 0.6) is 0 Å². The maximum Gasteiger partial charge on any atom is 0.360 e. The lowest BCUT2D eigenvalue weighted by Crippen LogP contribution is -2.04. The molecule has 3 rings (SSSR count). The van der Waals surface area contributed by atoms with E-state index in [0.29, 0.717) is 15.0 Å². The number of hydrogen-bond acceptors (Lipinski definition) is 6. The summed E-state index contributed by atoms with van der Waals surface area (Å²) < 4.78 is 17.5. The fourth-order valence-electron chi connectivity index (χ4n) is 1.84. The monoisotopic (exact) mass is 354 g/mol. The van der Waals surface area contributed by atoms with Crippen LogP contribution in [0.25, 0.3) is 11.5 Å². The minimum Gasteiger partial charge on any atom is -0.462 e. The molecule has 0 amide bonds. The molecular formula is C13H11N2O4PS2. The van der Waals surface area contributed by atoms with Gasteiger partial charge in [0, 0.05) is 4.90 Å². The molecule has 114 valence electrons. The molecule has 6 nitrogen and oxygen atoms in total. The molecule has 0 radical (unpaired) electrons. The van der Waals surface area contributed by atoms with Gasteiger partial charge in [0.1, 0.15) is 11.0 Å². The Hall–Kier alpha value is -1.57. The minimum absolute atomic E-state index is 0.0553. The molecule has 0 saturated carbocycles. The first kappa shape index (κ1) is 15.3. The van der Waals surface area contributed by atoms with Crippen LogP contribution >= 0.6 is 30.7 Å². The zero-order valence-corrected chi connectivity index (χ0v) is 13.6. The summed E-state index contributed by atoms with van der Waals surface area (Å²) in [6, 6.07) is 10.8. The summed E-state index contributed by atoms with van der Waals surface area (Å²) in [7, 11) is -4.45. The molecule has 0 bridgehead atoms. The lowest BCUT2D eigenvalue weighted by Gasteiger charge is -2.04. The minimum atomic E-state index is -4.45. The van der Waals surface area contributed by atoms with Crippen LogP contribution in [-0.2, 0) is 4.57 Å². The molecule has 0 fully saturated rings. The number of rotatable bonds is 4. The average Bonchev–Trinajstić information content (AvgIpc) is 3.06. The van der Waals surface area contributed by atoms with Crippen molar-refractivity contribution in [1.29, 1.82) is 0 Å². The normalized spacial score (nSPS) is 11.7. The van der Waals surface area contributed by atoms with E-state index >= 15 is 0 Å². The van der Waals surface area contributed by atoms with E-state index in [9.17, 15) is 14.4 Å². The molecule has 9 heteroatoms. The highest BCUT2D eigenvalue weighted by Crippen LogP contribution is 2.44. The second-order valence-electron chi connectivity index (χ2n) is 4.28. The fourth-order valence-corrected chi connectivity index (χ4v) is 4.53. The first-order valence-corrected chi connectivity index (χ1v) is 9.33. The van der Waals surface area contributed by atoms with E-state index in [-0.39, 0.29) is 11.1 Å². The molecule has 2 heterocycles. The van der Waals surface area contributed by atoms with Gasteiger partial charge in [-0.25, -0.2) is 4.98 Å². The van der Waals surface area contributed by atoms with Gasteiger partial charge in [-0.15, -0.1) is 0 Å². The smallest absolute Gasteiger partial charge is 0.360 e. The number of nitrogen functional groups attached to an aromatic ring is 1. The van der Waals surface area contributed by atoms with Crippen molar-refractivity contribution in [1.82, 2.24) is 4.98 Å². The first-order chi connectivity index (χ1) is 10.4. The van der Waals surface area contributed by atoms with Crippen molar-refractivity contribution in [2.75, 3.05) is 5.73 Å². The average molecular weight is 354 g/mol. The summed E-state index contributed by atoms with van der Waals surface area (Å²) in [5, 5.41) is 0.120. The van der Waals surface area contributed by atoms with Gasteiger partial charge in [-0.3, -0.25) is 4.57 Å². The Kier molecular flexibility index (Phi) is 4.12. The summed E-state index contributed by atoms with van der Waals surface area (Å²) in [5.41, 5.74) is 6.10. The number of nitrogens with two attached hydrogens (primary N) is 1. The van der Waals surface area contributed by atoms with E-state index in [0.717, 1.165) is 4.90 Å². The Morgan fingerprint density at radius 2 is 1.95 bits per heavy atom. The van der Waals surface area contributed by atoms with E-state index < -0.39 is 7.60 Å². The second kappa shape index (κ2) is 5.91. The SMILES string of the molecule is Nc1nc(-c2occc2P(=O)(O)O)c(Sc2ccccc2)s1. The topological polar surface area (TPSA) is 110 Å². The number of nitrogens with zero attached hydrogens (tertiary/aromatic N) is 1. The highest BCUT2D eigenvalue weighted by molar-refractivity contribution is 8.01. The molecule has 2 aromatic heterocycles. The Balaban J connectivity index is 2.06. The van der Waals surface area contributed by atoms with Gasteiger partial charge in [0.15, 0.2) is 10.9 Å². The predicted octanol–water partition coefficient (Wildman–Crippen LogP) is 2.94. The number of hydrogen-bond donors (Lipinski definition) is 3. The highest BCUT2D eigenvalue weighted by Gasteiger charge is 2.28. The largest absolute Gasteiger partial charge is 0.462 e. The van der Waals surface area contributed by atoms with Crippen LogP contribution in [0.15, 0.2) is 56.2 Å². The maximum atomic E-state index is 11.5. The van der Waals surface area contributed by atoms with E-state index in [2.05, 4.69) is 4.98 Å². The first-order valence-electron chi connectivity index (χ1n) is 6.08. The summed E-state index contributed by atoms with van der Waals surface area (Å²) in [6.07, 6.45) is 1.23. The zero-order chi connectivity index (χ0) is 15.7. The number of furan rings is 1. The zero-order valence-electron chi connectivity index (χ0n) is 11.0. The summed E-state index contributed by atoms with van der Waals surface area (Å²) in [4.78, 5) is 23.9. The Morgan fingerprint density at radius 1 is 1.23 bits per heavy atom. The number of benzene rings is 1. The predicted molar refractivity (Wildman–Crippen MR) is 86.5 cm³/mol. The van der Waals surface area contributed by atoms with Crippen LogP contribution in [0.4, 0.5) is 5.13 Å². The molecule has 0 aliphatic carbocycles. The lowest BCUT2D eigenvalue weighted by atomic mass is 10.4. The van der Waals surface area contributed by atoms with Crippen LogP contribution in [0.3, 0.4) is 0 Å². The van der Waals surface area contributed by atoms with Gasteiger partial charge in [0.2, 0.25) is 0 Å². The number of thiazole rings is 1. The molecule has 22 heavy (non-hydrogen) atoms. The lowest BCUT2D eigenvalue weighted by molar-refractivity contribution is 0.387. The van der Waals surface area contributed by atoms with Crippen molar-refractivity contribution in [2.24, 2.45) is 0 Å². The molecule has 0 spiro atoms. The van der Waals surface area contributed by atoms with Gasteiger partial charge in [0.05, 0.1) is 10.5 Å². The Labute approximate surface area is 134 Å². The molecule has 3 aromatic rings. The van der Waals surface area contributed by atoms with Crippen molar-refractivity contribution in [2.45, 2.75) is 9.10 Å². The summed E-state index contributed by atoms with van der Waals surface area (Å²) >= 11 is 2.66. The second-order valence-corrected chi connectivity index (χ2v) is 8.22. The van der Waals surface area contributed by atoms with E-state index in [1.807, 2.05) is 30.3 Å². The van der Waals surface area contributed by atoms with Crippen LogP contribution in [-0.4, -0.2) is 14.8 Å². The fraction of sp³-hybridized carbons (Fsp3) is 0. The van der Waals surface area contributed by atoms with Gasteiger partial charge in [-0.1, -0.05) is 41.3 Å². The van der Waals surface area contributed by atoms with Gasteiger partial charge in [-0.05, 0) is 18.2 Å². The molecule has 1 aromatic carbocycles. The molecule has 0 aliphatic heterocycles. The quantitative estimate of drug-likeness (QED) is 0.618. The molecule has 0 unspecified atom stereocenters. The third-order valence-electron chi connectivity index (χ3n) is 2.74. The van der Waals surface area contributed by atoms with Gasteiger partial charge >= 0.3 is 7.60 Å². The van der Waals surface area contributed by atoms with Gasteiger partial charge < -0.3 is 19.9 Å². The van der Waals surface area contributed by atoms with E-state index in [1.165, 1.54) is 35.4 Å². The van der Waals surface area contributed by atoms with Crippen LogP contribution in [0, 0.1) is 0 Å². The molecule has 4 N–H and O–H groups in total. The van der Waals surface area contributed by atoms with Crippen molar-refractivity contribution in [3.05, 3.63) is 42.7 Å². The van der Waals surface area contributed by atoms with Crippen molar-refractivity contribution >= 4 is 41.1 Å². The molecule has 0 atom stereocenters. The van der Waals surface area contributed by atoms with E-state index in [4.69, 9.17) is 10.2 Å². The number of anilines is 1. The Morgan fingerprint density at radius 3 is 2.64 bits per heavy atom. The number of aromatic nitrogens is 1.